The van der Waals surface area contributed by atoms with E-state index in [-0.39, 0.29) is 7.43 Å². The Morgan fingerprint density at radius 2 is 1.77 bits per heavy atom. The molecule has 0 aliphatic heterocycles. The summed E-state index contributed by atoms with van der Waals surface area (Å²) in [7, 11) is 0. The number of benzene rings is 1. The molecule has 2 heterocycles. The number of nitrogens with zero attached hydrogens (tertiary/aromatic N) is 2. The lowest BCUT2D eigenvalue weighted by molar-refractivity contribution is 0.671. The number of aryl methyl sites for hydroxylation is 2. The van der Waals surface area contributed by atoms with Crippen molar-refractivity contribution in [2.24, 2.45) is 0 Å². The van der Waals surface area contributed by atoms with Crippen molar-refractivity contribution in [2.75, 3.05) is 5.32 Å². The molecule has 0 amide bonds. The first-order chi connectivity index (χ1) is 11.9. The van der Waals surface area contributed by atoms with Gasteiger partial charge in [-0.05, 0) is 62.6 Å². The Balaban J connectivity index is 0.00000243. The number of halogens is 2. The molecule has 0 unspecified atom stereocenters. The fourth-order valence-corrected chi connectivity index (χ4v) is 3.72. The fraction of sp³-hybridized carbons (Fsp3) is 0.381. The molecule has 0 bridgehead atoms. The largest absolute Gasteiger partial charge is 0.381 e. The molecule has 3 nitrogen and oxygen atoms in total. The second-order valence-corrected chi connectivity index (χ2v) is 7.30. The average molecular weight is 392 g/mol. The van der Waals surface area contributed by atoms with Crippen LogP contribution in [0.3, 0.4) is 0 Å². The summed E-state index contributed by atoms with van der Waals surface area (Å²) in [6.45, 7) is 8.51. The van der Waals surface area contributed by atoms with E-state index >= 15 is 0 Å². The Morgan fingerprint density at radius 3 is 2.38 bits per heavy atom. The van der Waals surface area contributed by atoms with Crippen molar-refractivity contribution in [1.29, 1.82) is 0 Å². The zero-order valence-electron chi connectivity index (χ0n) is 15.0. The first kappa shape index (κ1) is 20.6. The van der Waals surface area contributed by atoms with Crippen LogP contribution in [-0.4, -0.2) is 15.7 Å². The van der Waals surface area contributed by atoms with Crippen molar-refractivity contribution >= 4 is 34.4 Å². The Morgan fingerprint density at radius 1 is 1.08 bits per heavy atom. The Bertz CT molecular complexity index is 911. The number of hydrogen-bond acceptors (Lipinski definition) is 2. The molecule has 0 aliphatic rings. The molecule has 0 spiro atoms. The van der Waals surface area contributed by atoms with Crippen molar-refractivity contribution < 1.29 is 0 Å². The third-order valence-corrected chi connectivity index (χ3v) is 5.13. The summed E-state index contributed by atoms with van der Waals surface area (Å²) in [5, 5.41) is 9.67. The van der Waals surface area contributed by atoms with Crippen LogP contribution < -0.4 is 5.32 Å². The summed E-state index contributed by atoms with van der Waals surface area (Å²) < 4.78 is 1.99. The van der Waals surface area contributed by atoms with Crippen LogP contribution in [-0.2, 0) is 0 Å². The van der Waals surface area contributed by atoms with Crippen LogP contribution in [0.15, 0.2) is 30.3 Å². The van der Waals surface area contributed by atoms with Gasteiger partial charge in [0, 0.05) is 16.6 Å². The van der Waals surface area contributed by atoms with Gasteiger partial charge in [0.1, 0.15) is 0 Å². The second-order valence-electron chi connectivity index (χ2n) is 6.45. The molecular weight excluding hydrogens is 365 g/mol. The standard InChI is InChI=1S/C20H23Cl2N3.CH4/c1-5-15(6-2)23-18-10-13(4)24-25-19(18)9-12(3)20(25)16-8-7-14(21)11-17(16)22;/h7-11,15,23H,5-6H2,1-4H3;1H4. The van der Waals surface area contributed by atoms with Crippen LogP contribution >= 0.6 is 23.2 Å². The molecule has 140 valence electrons. The van der Waals surface area contributed by atoms with E-state index in [0.29, 0.717) is 16.1 Å². The highest BCUT2D eigenvalue weighted by Gasteiger charge is 2.17. The summed E-state index contributed by atoms with van der Waals surface area (Å²) in [6, 6.07) is 10.3. The van der Waals surface area contributed by atoms with E-state index in [4.69, 9.17) is 28.3 Å². The van der Waals surface area contributed by atoms with Crippen LogP contribution in [0.25, 0.3) is 16.8 Å². The minimum atomic E-state index is 0. The quantitative estimate of drug-likeness (QED) is 0.499. The molecule has 3 aromatic rings. The second kappa shape index (κ2) is 8.32. The maximum Gasteiger partial charge on any atom is 0.0888 e. The van der Waals surface area contributed by atoms with Crippen molar-refractivity contribution in [1.82, 2.24) is 9.61 Å². The number of hydrogen-bond donors (Lipinski definition) is 1. The number of nitrogens with one attached hydrogen (secondary N) is 1. The Labute approximate surface area is 166 Å². The molecule has 1 N–H and O–H groups in total. The van der Waals surface area contributed by atoms with Crippen LogP contribution in [0.1, 0.15) is 45.4 Å². The van der Waals surface area contributed by atoms with E-state index in [1.54, 1.807) is 6.07 Å². The average Bonchev–Trinajstić information content (AvgIpc) is 2.89. The van der Waals surface area contributed by atoms with Gasteiger partial charge < -0.3 is 5.32 Å². The van der Waals surface area contributed by atoms with Crippen molar-refractivity contribution in [3.8, 4) is 11.3 Å². The lowest BCUT2D eigenvalue weighted by Gasteiger charge is -2.18. The fourth-order valence-electron chi connectivity index (χ4n) is 3.22. The highest BCUT2D eigenvalue weighted by Crippen LogP contribution is 2.35. The highest BCUT2D eigenvalue weighted by molar-refractivity contribution is 6.36. The molecule has 26 heavy (non-hydrogen) atoms. The predicted molar refractivity (Wildman–Crippen MR) is 115 cm³/mol. The van der Waals surface area contributed by atoms with Gasteiger partial charge in [-0.3, -0.25) is 0 Å². The zero-order chi connectivity index (χ0) is 18.1. The summed E-state index contributed by atoms with van der Waals surface area (Å²) in [5.74, 6) is 0. The molecule has 0 fully saturated rings. The zero-order valence-corrected chi connectivity index (χ0v) is 16.5. The molecule has 0 aliphatic carbocycles. The highest BCUT2D eigenvalue weighted by atomic mass is 35.5. The van der Waals surface area contributed by atoms with Crippen molar-refractivity contribution in [3.63, 3.8) is 0 Å². The first-order valence-electron chi connectivity index (χ1n) is 8.66. The number of aromatic nitrogens is 2. The van der Waals surface area contributed by atoms with Crippen LogP contribution in [0, 0.1) is 13.8 Å². The van der Waals surface area contributed by atoms with E-state index < -0.39 is 0 Å². The van der Waals surface area contributed by atoms with E-state index in [1.165, 1.54) is 0 Å². The van der Waals surface area contributed by atoms with Crippen LogP contribution in [0.5, 0.6) is 0 Å². The van der Waals surface area contributed by atoms with Crippen molar-refractivity contribution in [2.45, 2.75) is 54.0 Å². The molecule has 1 aromatic carbocycles. The number of fused-ring (bicyclic) bond motifs is 1. The van der Waals surface area contributed by atoms with Gasteiger partial charge in [-0.15, -0.1) is 0 Å². The number of rotatable bonds is 5. The third-order valence-electron chi connectivity index (χ3n) is 4.59. The number of anilines is 1. The minimum absolute atomic E-state index is 0. The molecule has 5 heteroatoms. The molecule has 2 aromatic heterocycles. The van der Waals surface area contributed by atoms with Gasteiger partial charge in [-0.1, -0.05) is 44.5 Å². The van der Waals surface area contributed by atoms with Crippen LogP contribution in [0.2, 0.25) is 10.0 Å². The predicted octanol–water partition coefficient (Wildman–Crippen LogP) is 7.16. The topological polar surface area (TPSA) is 29.3 Å². The smallest absolute Gasteiger partial charge is 0.0888 e. The van der Waals surface area contributed by atoms with Gasteiger partial charge in [0.2, 0.25) is 0 Å². The minimum Gasteiger partial charge on any atom is -0.381 e. The van der Waals surface area contributed by atoms with Crippen LogP contribution in [0.4, 0.5) is 5.69 Å². The third kappa shape index (κ3) is 3.84. The van der Waals surface area contributed by atoms with E-state index in [0.717, 1.165) is 46.6 Å². The monoisotopic (exact) mass is 391 g/mol. The van der Waals surface area contributed by atoms with Gasteiger partial charge in [0.05, 0.1) is 27.6 Å². The van der Waals surface area contributed by atoms with Crippen molar-refractivity contribution in [3.05, 3.63) is 51.6 Å². The molecule has 0 atom stereocenters. The SMILES string of the molecule is C.CCC(CC)Nc1cc(C)nn2c(-c3ccc(Cl)cc3Cl)c(C)cc12. The lowest BCUT2D eigenvalue weighted by Crippen LogP contribution is -2.18. The Hall–Kier alpha value is -1.71. The summed E-state index contributed by atoms with van der Waals surface area (Å²) in [5.41, 5.74) is 6.22. The molecular formula is C21H27Cl2N3. The molecule has 3 rings (SSSR count). The maximum atomic E-state index is 6.46. The van der Waals surface area contributed by atoms with Gasteiger partial charge in [0.15, 0.2) is 0 Å². The summed E-state index contributed by atoms with van der Waals surface area (Å²) in [4.78, 5) is 0. The van der Waals surface area contributed by atoms with Gasteiger partial charge in [0.25, 0.3) is 0 Å². The van der Waals surface area contributed by atoms with Gasteiger partial charge >= 0.3 is 0 Å². The van der Waals surface area contributed by atoms with Gasteiger partial charge in [-0.25, -0.2) is 4.52 Å². The molecule has 0 saturated heterocycles. The summed E-state index contributed by atoms with van der Waals surface area (Å²) >= 11 is 12.5. The first-order valence-corrected chi connectivity index (χ1v) is 9.42. The summed E-state index contributed by atoms with van der Waals surface area (Å²) in [6.07, 6.45) is 2.17. The molecule has 0 radical (unpaired) electrons. The lowest BCUT2D eigenvalue weighted by atomic mass is 10.1. The maximum absolute atomic E-state index is 6.46. The normalized spacial score (nSPS) is 11.0. The van der Waals surface area contributed by atoms with E-state index in [1.807, 2.05) is 23.6 Å². The Kier molecular flexibility index (Phi) is 6.59. The molecule has 0 saturated carbocycles. The van der Waals surface area contributed by atoms with E-state index in [2.05, 4.69) is 38.2 Å². The van der Waals surface area contributed by atoms with Gasteiger partial charge in [-0.2, -0.15) is 5.10 Å². The van der Waals surface area contributed by atoms with E-state index in [9.17, 15) is 0 Å².